The van der Waals surface area contributed by atoms with Gasteiger partial charge in [-0.3, -0.25) is 9.59 Å². The zero-order chi connectivity index (χ0) is 15.4. The van der Waals surface area contributed by atoms with Gasteiger partial charge in [0.2, 0.25) is 0 Å². The maximum absolute atomic E-state index is 12.5. The van der Waals surface area contributed by atoms with E-state index in [1.54, 1.807) is 19.1 Å². The van der Waals surface area contributed by atoms with Crippen LogP contribution >= 0.6 is 0 Å². The Balaban J connectivity index is 2.23. The molecule has 0 spiro atoms. The van der Waals surface area contributed by atoms with Gasteiger partial charge in [0.1, 0.15) is 6.54 Å². The Morgan fingerprint density at radius 1 is 1.24 bits per heavy atom. The first kappa shape index (κ1) is 15.0. The summed E-state index contributed by atoms with van der Waals surface area (Å²) in [7, 11) is 0. The number of carboxylic acids is 1. The predicted molar refractivity (Wildman–Crippen MR) is 74.1 cm³/mol. The third kappa shape index (κ3) is 3.59. The SMILES string of the molecule is CCOC(=O)CN(C(=O)c1ccccc1C(=O)O)C1CC1. The van der Waals surface area contributed by atoms with Crippen LogP contribution in [0.15, 0.2) is 24.3 Å². The molecule has 0 atom stereocenters. The van der Waals surface area contributed by atoms with E-state index in [1.165, 1.54) is 17.0 Å². The van der Waals surface area contributed by atoms with Gasteiger partial charge < -0.3 is 14.7 Å². The van der Waals surface area contributed by atoms with Gasteiger partial charge in [-0.25, -0.2) is 4.79 Å². The maximum atomic E-state index is 12.5. The molecule has 112 valence electrons. The number of aromatic carboxylic acids is 1. The lowest BCUT2D eigenvalue weighted by Crippen LogP contribution is -2.38. The van der Waals surface area contributed by atoms with Crippen molar-refractivity contribution in [3.63, 3.8) is 0 Å². The highest BCUT2D eigenvalue weighted by molar-refractivity contribution is 6.05. The summed E-state index contributed by atoms with van der Waals surface area (Å²) in [4.78, 5) is 36.8. The summed E-state index contributed by atoms with van der Waals surface area (Å²) in [6.45, 7) is 1.80. The molecule has 2 rings (SSSR count). The van der Waals surface area contributed by atoms with E-state index in [0.29, 0.717) is 0 Å². The van der Waals surface area contributed by atoms with Crippen LogP contribution in [0, 0.1) is 0 Å². The third-order valence-electron chi connectivity index (χ3n) is 3.24. The number of ether oxygens (including phenoxy) is 1. The van der Waals surface area contributed by atoms with Crippen LogP contribution in [0.1, 0.15) is 40.5 Å². The predicted octanol–water partition coefficient (Wildman–Crippen LogP) is 1.55. The number of nitrogens with zero attached hydrogens (tertiary/aromatic N) is 1. The standard InChI is InChI=1S/C15H17NO5/c1-2-21-13(17)9-16(10-7-8-10)14(18)11-5-3-4-6-12(11)15(19)20/h3-6,10H,2,7-9H2,1H3,(H,19,20). The second kappa shape index (κ2) is 6.39. The molecule has 0 bridgehead atoms. The summed E-state index contributed by atoms with van der Waals surface area (Å²) in [6.07, 6.45) is 1.64. The maximum Gasteiger partial charge on any atom is 0.336 e. The van der Waals surface area contributed by atoms with Crippen molar-refractivity contribution in [2.45, 2.75) is 25.8 Å². The fourth-order valence-electron chi connectivity index (χ4n) is 2.11. The van der Waals surface area contributed by atoms with Crippen molar-refractivity contribution in [1.82, 2.24) is 4.90 Å². The number of hydrogen-bond donors (Lipinski definition) is 1. The third-order valence-corrected chi connectivity index (χ3v) is 3.24. The van der Waals surface area contributed by atoms with Crippen LogP contribution in [0.5, 0.6) is 0 Å². The highest BCUT2D eigenvalue weighted by Crippen LogP contribution is 2.28. The van der Waals surface area contributed by atoms with Crippen LogP contribution in [-0.4, -0.2) is 47.0 Å². The zero-order valence-corrected chi connectivity index (χ0v) is 11.7. The van der Waals surface area contributed by atoms with Gasteiger partial charge in [0.05, 0.1) is 17.7 Å². The van der Waals surface area contributed by atoms with Crippen LogP contribution in [-0.2, 0) is 9.53 Å². The topological polar surface area (TPSA) is 83.9 Å². The van der Waals surface area contributed by atoms with E-state index >= 15 is 0 Å². The normalized spacial score (nSPS) is 13.6. The number of carbonyl (C=O) groups excluding carboxylic acids is 2. The lowest BCUT2D eigenvalue weighted by Gasteiger charge is -2.22. The fraction of sp³-hybridized carbons (Fsp3) is 0.400. The van der Waals surface area contributed by atoms with Gasteiger partial charge in [-0.1, -0.05) is 12.1 Å². The van der Waals surface area contributed by atoms with Crippen molar-refractivity contribution in [1.29, 1.82) is 0 Å². The number of carboxylic acid groups (broad SMARTS) is 1. The van der Waals surface area contributed by atoms with Gasteiger partial charge in [-0.05, 0) is 31.9 Å². The number of esters is 1. The summed E-state index contributed by atoms with van der Waals surface area (Å²) in [5.74, 6) is -2.08. The molecule has 0 radical (unpaired) electrons. The Morgan fingerprint density at radius 2 is 1.86 bits per heavy atom. The van der Waals surface area contributed by atoms with Gasteiger partial charge in [-0.2, -0.15) is 0 Å². The van der Waals surface area contributed by atoms with Crippen LogP contribution in [0.3, 0.4) is 0 Å². The second-order valence-corrected chi connectivity index (χ2v) is 4.82. The molecule has 6 heteroatoms. The molecule has 1 aromatic rings. The summed E-state index contributed by atoms with van der Waals surface area (Å²) in [5, 5.41) is 9.15. The fourth-order valence-corrected chi connectivity index (χ4v) is 2.11. The summed E-state index contributed by atoms with van der Waals surface area (Å²) in [5.41, 5.74) is 0.0400. The molecule has 6 nitrogen and oxygen atoms in total. The van der Waals surface area contributed by atoms with Crippen molar-refractivity contribution in [3.8, 4) is 0 Å². The Morgan fingerprint density at radius 3 is 2.38 bits per heavy atom. The lowest BCUT2D eigenvalue weighted by molar-refractivity contribution is -0.144. The number of amides is 1. The van der Waals surface area contributed by atoms with Crippen molar-refractivity contribution >= 4 is 17.8 Å². The minimum Gasteiger partial charge on any atom is -0.478 e. The van der Waals surface area contributed by atoms with E-state index in [-0.39, 0.29) is 30.3 Å². The van der Waals surface area contributed by atoms with E-state index in [0.717, 1.165) is 12.8 Å². The highest BCUT2D eigenvalue weighted by atomic mass is 16.5. The Hall–Kier alpha value is -2.37. The molecule has 0 aromatic heterocycles. The smallest absolute Gasteiger partial charge is 0.336 e. The summed E-state index contributed by atoms with van der Waals surface area (Å²) < 4.78 is 4.86. The van der Waals surface area contributed by atoms with Crippen LogP contribution in [0.4, 0.5) is 0 Å². The minimum absolute atomic E-state index is 0.0104. The van der Waals surface area contributed by atoms with Gasteiger partial charge in [-0.15, -0.1) is 0 Å². The molecule has 1 saturated carbocycles. The molecule has 21 heavy (non-hydrogen) atoms. The number of rotatable bonds is 6. The average molecular weight is 291 g/mol. The summed E-state index contributed by atoms with van der Waals surface area (Å²) in [6, 6.07) is 6.00. The largest absolute Gasteiger partial charge is 0.478 e. The molecule has 0 unspecified atom stereocenters. The molecule has 0 saturated heterocycles. The van der Waals surface area contributed by atoms with Crippen molar-refractivity contribution in [2.75, 3.05) is 13.2 Å². The zero-order valence-electron chi connectivity index (χ0n) is 11.7. The average Bonchev–Trinajstić information content (AvgIpc) is 3.29. The minimum atomic E-state index is -1.16. The van der Waals surface area contributed by atoms with Gasteiger partial charge in [0.25, 0.3) is 5.91 Å². The van der Waals surface area contributed by atoms with Crippen LogP contribution < -0.4 is 0 Å². The summed E-state index contributed by atoms with van der Waals surface area (Å²) >= 11 is 0. The van der Waals surface area contributed by atoms with Crippen molar-refractivity contribution in [2.24, 2.45) is 0 Å². The molecule has 1 amide bonds. The molecule has 1 fully saturated rings. The molecule has 0 aliphatic heterocycles. The highest BCUT2D eigenvalue weighted by Gasteiger charge is 2.35. The molecule has 0 heterocycles. The second-order valence-electron chi connectivity index (χ2n) is 4.82. The van der Waals surface area contributed by atoms with E-state index in [1.807, 2.05) is 0 Å². The van der Waals surface area contributed by atoms with Crippen molar-refractivity contribution in [3.05, 3.63) is 35.4 Å². The molecule has 1 aromatic carbocycles. The molecular formula is C15H17NO5. The van der Waals surface area contributed by atoms with E-state index in [4.69, 9.17) is 9.84 Å². The first-order valence-electron chi connectivity index (χ1n) is 6.83. The van der Waals surface area contributed by atoms with Crippen LogP contribution in [0.25, 0.3) is 0 Å². The Labute approximate surface area is 122 Å². The van der Waals surface area contributed by atoms with Gasteiger partial charge in [0, 0.05) is 6.04 Å². The van der Waals surface area contributed by atoms with E-state index in [2.05, 4.69) is 0 Å². The van der Waals surface area contributed by atoms with E-state index in [9.17, 15) is 14.4 Å². The lowest BCUT2D eigenvalue weighted by atomic mass is 10.1. The Kier molecular flexibility index (Phi) is 4.57. The first-order valence-corrected chi connectivity index (χ1v) is 6.83. The van der Waals surface area contributed by atoms with Crippen LogP contribution in [0.2, 0.25) is 0 Å². The first-order chi connectivity index (χ1) is 10.0. The monoisotopic (exact) mass is 291 g/mol. The van der Waals surface area contributed by atoms with Gasteiger partial charge in [0.15, 0.2) is 0 Å². The van der Waals surface area contributed by atoms with Crippen molar-refractivity contribution < 1.29 is 24.2 Å². The number of carbonyl (C=O) groups is 3. The molecule has 1 N–H and O–H groups in total. The number of benzene rings is 1. The Bertz CT molecular complexity index is 565. The number of hydrogen-bond acceptors (Lipinski definition) is 4. The molecule has 1 aliphatic rings. The molecular weight excluding hydrogens is 274 g/mol. The quantitative estimate of drug-likeness (QED) is 0.804. The molecule has 1 aliphatic carbocycles. The van der Waals surface area contributed by atoms with Gasteiger partial charge >= 0.3 is 11.9 Å². The van der Waals surface area contributed by atoms with E-state index < -0.39 is 17.8 Å².